The molecule has 0 radical (unpaired) electrons. The molecular weight excluding hydrogens is 234 g/mol. The Labute approximate surface area is 104 Å². The van der Waals surface area contributed by atoms with Crippen molar-refractivity contribution in [2.45, 2.75) is 24.3 Å². The summed E-state index contributed by atoms with van der Waals surface area (Å²) in [6.07, 6.45) is 1.45. The van der Waals surface area contributed by atoms with Crippen molar-refractivity contribution in [2.75, 3.05) is 12.4 Å². The predicted octanol–water partition coefficient (Wildman–Crippen LogP) is 1.60. The van der Waals surface area contributed by atoms with Crippen LogP contribution in [0, 0.1) is 0 Å². The van der Waals surface area contributed by atoms with Crippen molar-refractivity contribution in [3.63, 3.8) is 0 Å². The SMILES string of the molecule is COC(=O)c1ccc2c(c1)C1CCC1(C(=O)O)N2. The summed E-state index contributed by atoms with van der Waals surface area (Å²) in [5, 5.41) is 12.4. The van der Waals surface area contributed by atoms with Crippen LogP contribution in [0.25, 0.3) is 0 Å². The normalized spacial score (nSPS) is 27.5. The van der Waals surface area contributed by atoms with Crippen LogP contribution < -0.4 is 5.32 Å². The third kappa shape index (κ3) is 1.21. The van der Waals surface area contributed by atoms with Crippen LogP contribution >= 0.6 is 0 Å². The van der Waals surface area contributed by atoms with E-state index in [2.05, 4.69) is 10.1 Å². The molecule has 1 aliphatic heterocycles. The number of hydrogen-bond acceptors (Lipinski definition) is 4. The fourth-order valence-electron chi connectivity index (χ4n) is 2.91. The molecule has 0 spiro atoms. The van der Waals surface area contributed by atoms with Crippen molar-refractivity contribution < 1.29 is 19.4 Å². The van der Waals surface area contributed by atoms with Gasteiger partial charge in [0.2, 0.25) is 0 Å². The molecule has 0 bridgehead atoms. The molecule has 5 heteroatoms. The largest absolute Gasteiger partial charge is 0.479 e. The summed E-state index contributed by atoms with van der Waals surface area (Å²) < 4.78 is 4.67. The van der Waals surface area contributed by atoms with Gasteiger partial charge in [-0.05, 0) is 36.6 Å². The third-order valence-electron chi connectivity index (χ3n) is 4.01. The van der Waals surface area contributed by atoms with Crippen molar-refractivity contribution in [3.8, 4) is 0 Å². The number of hydrogen-bond donors (Lipinski definition) is 2. The third-order valence-corrected chi connectivity index (χ3v) is 4.01. The Morgan fingerprint density at radius 2 is 2.28 bits per heavy atom. The number of benzene rings is 1. The summed E-state index contributed by atoms with van der Waals surface area (Å²) in [5.74, 6) is -1.27. The van der Waals surface area contributed by atoms with Crippen molar-refractivity contribution in [2.24, 2.45) is 0 Å². The Bertz CT molecular complexity index is 554. The first kappa shape index (κ1) is 11.1. The van der Waals surface area contributed by atoms with Gasteiger partial charge in [0.05, 0.1) is 12.7 Å². The van der Waals surface area contributed by atoms with Crippen LogP contribution in [0.3, 0.4) is 0 Å². The number of fused-ring (bicyclic) bond motifs is 3. The number of aliphatic carboxylic acids is 1. The molecule has 3 rings (SSSR count). The number of carbonyl (C=O) groups is 2. The first-order valence-electron chi connectivity index (χ1n) is 5.82. The highest BCUT2D eigenvalue weighted by Crippen LogP contribution is 2.55. The average molecular weight is 247 g/mol. The minimum absolute atomic E-state index is 0.0467. The monoisotopic (exact) mass is 247 g/mol. The van der Waals surface area contributed by atoms with E-state index in [9.17, 15) is 14.7 Å². The Balaban J connectivity index is 2.02. The highest BCUT2D eigenvalue weighted by molar-refractivity contribution is 5.93. The maximum absolute atomic E-state index is 11.5. The number of carboxylic acid groups (broad SMARTS) is 1. The second kappa shape index (κ2) is 3.48. The van der Waals surface area contributed by atoms with Gasteiger partial charge in [-0.15, -0.1) is 0 Å². The molecule has 94 valence electrons. The Kier molecular flexibility index (Phi) is 2.14. The van der Waals surface area contributed by atoms with Gasteiger partial charge in [-0.2, -0.15) is 0 Å². The van der Waals surface area contributed by atoms with E-state index in [-0.39, 0.29) is 5.92 Å². The van der Waals surface area contributed by atoms with Gasteiger partial charge in [0.25, 0.3) is 0 Å². The molecule has 5 nitrogen and oxygen atoms in total. The van der Waals surface area contributed by atoms with E-state index in [4.69, 9.17) is 0 Å². The van der Waals surface area contributed by atoms with E-state index in [1.54, 1.807) is 18.2 Å². The zero-order chi connectivity index (χ0) is 12.9. The number of nitrogens with one attached hydrogen (secondary N) is 1. The maximum Gasteiger partial charge on any atom is 0.337 e. The summed E-state index contributed by atoms with van der Waals surface area (Å²) >= 11 is 0. The standard InChI is InChI=1S/C13H13NO4/c1-18-11(15)7-2-3-10-8(6-7)9-4-5-13(9,14-10)12(16)17/h2-3,6,9,14H,4-5H2,1H3,(H,16,17). The minimum atomic E-state index is -0.864. The first-order chi connectivity index (χ1) is 8.58. The van der Waals surface area contributed by atoms with Crippen LogP contribution in [0.1, 0.15) is 34.7 Å². The number of carbonyl (C=O) groups excluding carboxylic acids is 1. The Morgan fingerprint density at radius 1 is 1.50 bits per heavy atom. The molecule has 2 atom stereocenters. The second-order valence-electron chi connectivity index (χ2n) is 4.79. The van der Waals surface area contributed by atoms with E-state index in [0.717, 1.165) is 17.7 Å². The van der Waals surface area contributed by atoms with Crippen molar-refractivity contribution >= 4 is 17.6 Å². The summed E-state index contributed by atoms with van der Waals surface area (Å²) in [7, 11) is 1.33. The number of methoxy groups -OCH3 is 1. The van der Waals surface area contributed by atoms with Gasteiger partial charge < -0.3 is 15.2 Å². The lowest BCUT2D eigenvalue weighted by atomic mass is 9.66. The second-order valence-corrected chi connectivity index (χ2v) is 4.79. The van der Waals surface area contributed by atoms with E-state index in [1.807, 2.05) is 0 Å². The number of carboxylic acids is 1. The topological polar surface area (TPSA) is 75.6 Å². The molecular formula is C13H13NO4. The molecule has 0 aromatic heterocycles. The van der Waals surface area contributed by atoms with Gasteiger partial charge in [-0.25, -0.2) is 9.59 Å². The first-order valence-corrected chi connectivity index (χ1v) is 5.82. The van der Waals surface area contributed by atoms with Gasteiger partial charge >= 0.3 is 11.9 Å². The van der Waals surface area contributed by atoms with Gasteiger partial charge in [0.1, 0.15) is 5.54 Å². The van der Waals surface area contributed by atoms with Crippen LogP contribution in [0.4, 0.5) is 5.69 Å². The predicted molar refractivity (Wildman–Crippen MR) is 63.7 cm³/mol. The maximum atomic E-state index is 11.5. The molecule has 18 heavy (non-hydrogen) atoms. The average Bonchev–Trinajstić information content (AvgIpc) is 2.55. The quantitative estimate of drug-likeness (QED) is 0.776. The molecule has 1 saturated carbocycles. The van der Waals surface area contributed by atoms with Crippen LogP contribution in [-0.4, -0.2) is 29.7 Å². The van der Waals surface area contributed by atoms with Crippen LogP contribution in [-0.2, 0) is 9.53 Å². The van der Waals surface area contributed by atoms with E-state index in [0.29, 0.717) is 12.0 Å². The minimum Gasteiger partial charge on any atom is -0.479 e. The van der Waals surface area contributed by atoms with Crippen LogP contribution in [0.2, 0.25) is 0 Å². The summed E-state index contributed by atoms with van der Waals surface area (Å²) in [6.45, 7) is 0. The van der Waals surface area contributed by atoms with E-state index < -0.39 is 17.5 Å². The fraction of sp³-hybridized carbons (Fsp3) is 0.385. The van der Waals surface area contributed by atoms with E-state index in [1.165, 1.54) is 7.11 Å². The molecule has 1 aromatic carbocycles. The molecule has 2 N–H and O–H groups in total. The Morgan fingerprint density at radius 3 is 2.83 bits per heavy atom. The van der Waals surface area contributed by atoms with Crippen LogP contribution in [0.5, 0.6) is 0 Å². The lowest BCUT2D eigenvalue weighted by Crippen LogP contribution is -2.54. The van der Waals surface area contributed by atoms with Crippen molar-refractivity contribution in [1.29, 1.82) is 0 Å². The lowest BCUT2D eigenvalue weighted by Gasteiger charge is -2.41. The summed E-state index contributed by atoms with van der Waals surface area (Å²) in [5.41, 5.74) is 1.32. The molecule has 1 aromatic rings. The smallest absolute Gasteiger partial charge is 0.337 e. The van der Waals surface area contributed by atoms with Crippen molar-refractivity contribution in [1.82, 2.24) is 0 Å². The van der Waals surface area contributed by atoms with Gasteiger partial charge in [0, 0.05) is 11.6 Å². The molecule has 0 amide bonds. The number of esters is 1. The van der Waals surface area contributed by atoms with Crippen molar-refractivity contribution in [3.05, 3.63) is 29.3 Å². The van der Waals surface area contributed by atoms with Crippen LogP contribution in [0.15, 0.2) is 18.2 Å². The number of anilines is 1. The lowest BCUT2D eigenvalue weighted by molar-refractivity contribution is -0.146. The number of rotatable bonds is 2. The van der Waals surface area contributed by atoms with Gasteiger partial charge in [-0.1, -0.05) is 0 Å². The highest BCUT2D eigenvalue weighted by atomic mass is 16.5. The summed E-state index contributed by atoms with van der Waals surface area (Å²) in [6, 6.07) is 5.14. The number of ether oxygens (including phenoxy) is 1. The highest BCUT2D eigenvalue weighted by Gasteiger charge is 2.58. The Hall–Kier alpha value is -2.04. The zero-order valence-corrected chi connectivity index (χ0v) is 9.90. The molecule has 2 unspecified atom stereocenters. The van der Waals surface area contributed by atoms with Gasteiger partial charge in [-0.3, -0.25) is 0 Å². The van der Waals surface area contributed by atoms with Gasteiger partial charge in [0.15, 0.2) is 0 Å². The molecule has 1 fully saturated rings. The fourth-order valence-corrected chi connectivity index (χ4v) is 2.91. The zero-order valence-electron chi connectivity index (χ0n) is 9.90. The molecule has 0 saturated heterocycles. The molecule has 1 heterocycles. The van der Waals surface area contributed by atoms with E-state index >= 15 is 0 Å². The molecule has 1 aliphatic carbocycles. The summed E-state index contributed by atoms with van der Waals surface area (Å²) in [4.78, 5) is 22.8. The molecule has 2 aliphatic rings.